The van der Waals surface area contributed by atoms with Crippen LogP contribution in [0.1, 0.15) is 57.2 Å². The largest absolute Gasteiger partial charge is 0.494 e. The van der Waals surface area contributed by atoms with Crippen LogP contribution in [0.25, 0.3) is 6.08 Å². The molecule has 0 fully saturated rings. The molecule has 2 aromatic carbocycles. The minimum absolute atomic E-state index is 0.0736. The van der Waals surface area contributed by atoms with Crippen molar-refractivity contribution >= 4 is 17.9 Å². The van der Waals surface area contributed by atoms with Crippen LogP contribution in [0, 0.1) is 0 Å². The lowest BCUT2D eigenvalue weighted by atomic mass is 9.87. The van der Waals surface area contributed by atoms with Crippen molar-refractivity contribution in [3.05, 3.63) is 70.9 Å². The highest BCUT2D eigenvalue weighted by atomic mass is 16.6. The van der Waals surface area contributed by atoms with Crippen LogP contribution >= 0.6 is 0 Å². The van der Waals surface area contributed by atoms with Gasteiger partial charge in [0.1, 0.15) is 5.75 Å². The van der Waals surface area contributed by atoms with Crippen molar-refractivity contribution in [3.63, 3.8) is 0 Å². The van der Waals surface area contributed by atoms with Crippen molar-refractivity contribution in [2.75, 3.05) is 6.61 Å². The Morgan fingerprint density at radius 3 is 2.32 bits per heavy atom. The number of ether oxygens (including phenoxy) is 2. The van der Waals surface area contributed by atoms with Gasteiger partial charge in [0.05, 0.1) is 6.61 Å². The molecule has 0 saturated carbocycles. The minimum atomic E-state index is -0.432. The molecule has 0 spiro atoms. The van der Waals surface area contributed by atoms with E-state index in [0.29, 0.717) is 18.2 Å². The third-order valence-electron chi connectivity index (χ3n) is 4.57. The number of unbranched alkanes of at least 4 members (excludes halogenated alkanes) is 1. The molecular weight excluding hydrogens is 350 g/mol. The lowest BCUT2D eigenvalue weighted by molar-refractivity contribution is -0.129. The Hall–Kier alpha value is -2.88. The molecule has 0 saturated heterocycles. The van der Waals surface area contributed by atoms with Gasteiger partial charge in [-0.2, -0.15) is 0 Å². The summed E-state index contributed by atoms with van der Waals surface area (Å²) in [5.41, 5.74) is 3.27. The second-order valence-electron chi connectivity index (χ2n) is 7.93. The third-order valence-corrected chi connectivity index (χ3v) is 4.57. The first-order chi connectivity index (χ1) is 13.4. The summed E-state index contributed by atoms with van der Waals surface area (Å²) in [7, 11) is 0. The summed E-state index contributed by atoms with van der Waals surface area (Å²) in [6, 6.07) is 15.6. The van der Waals surface area contributed by atoms with E-state index in [1.165, 1.54) is 5.56 Å². The zero-order chi connectivity index (χ0) is 20.1. The first-order valence-electron chi connectivity index (χ1n) is 9.73. The number of nitrogens with zero attached hydrogens (tertiary/aromatic N) is 1. The van der Waals surface area contributed by atoms with Crippen LogP contribution < -0.4 is 4.74 Å². The maximum Gasteiger partial charge on any atom is 0.363 e. The van der Waals surface area contributed by atoms with E-state index < -0.39 is 5.97 Å². The summed E-state index contributed by atoms with van der Waals surface area (Å²) < 4.78 is 11.0. The van der Waals surface area contributed by atoms with Gasteiger partial charge in [0.25, 0.3) is 0 Å². The summed E-state index contributed by atoms with van der Waals surface area (Å²) >= 11 is 0. The maximum absolute atomic E-state index is 12.2. The van der Waals surface area contributed by atoms with Crippen LogP contribution in [-0.4, -0.2) is 18.5 Å². The molecule has 0 aliphatic carbocycles. The van der Waals surface area contributed by atoms with Gasteiger partial charge in [0, 0.05) is 5.56 Å². The smallest absolute Gasteiger partial charge is 0.363 e. The molecule has 4 nitrogen and oxygen atoms in total. The Morgan fingerprint density at radius 1 is 1.04 bits per heavy atom. The average molecular weight is 377 g/mol. The van der Waals surface area contributed by atoms with Crippen molar-refractivity contribution in [2.45, 2.75) is 46.0 Å². The van der Waals surface area contributed by atoms with Gasteiger partial charge >= 0.3 is 5.97 Å². The summed E-state index contributed by atoms with van der Waals surface area (Å²) in [4.78, 5) is 16.6. The van der Waals surface area contributed by atoms with Crippen LogP contribution in [0.3, 0.4) is 0 Å². The van der Waals surface area contributed by atoms with Gasteiger partial charge in [-0.3, -0.25) is 0 Å². The normalized spacial score (nSPS) is 15.5. The number of esters is 1. The fourth-order valence-corrected chi connectivity index (χ4v) is 2.80. The van der Waals surface area contributed by atoms with E-state index in [-0.39, 0.29) is 5.41 Å². The van der Waals surface area contributed by atoms with E-state index >= 15 is 0 Å². The number of hydrogen-bond acceptors (Lipinski definition) is 4. The van der Waals surface area contributed by atoms with E-state index in [4.69, 9.17) is 9.47 Å². The summed E-state index contributed by atoms with van der Waals surface area (Å²) in [6.45, 7) is 9.33. The first kappa shape index (κ1) is 19.9. The van der Waals surface area contributed by atoms with Gasteiger partial charge in [-0.05, 0) is 53.3 Å². The second kappa shape index (κ2) is 8.42. The molecule has 0 atom stereocenters. The van der Waals surface area contributed by atoms with Crippen molar-refractivity contribution in [3.8, 4) is 5.75 Å². The molecule has 0 N–H and O–H groups in total. The molecule has 1 aliphatic heterocycles. The molecule has 0 unspecified atom stereocenters. The summed E-state index contributed by atoms with van der Waals surface area (Å²) in [5, 5.41) is 0. The van der Waals surface area contributed by atoms with Crippen molar-refractivity contribution in [2.24, 2.45) is 4.99 Å². The maximum atomic E-state index is 12.2. The lowest BCUT2D eigenvalue weighted by Gasteiger charge is -2.18. The zero-order valence-corrected chi connectivity index (χ0v) is 17.0. The van der Waals surface area contributed by atoms with E-state index in [2.05, 4.69) is 32.7 Å². The fraction of sp³-hybridized carbons (Fsp3) is 0.333. The number of carbonyl (C=O) groups is 1. The SMILES string of the molecule is CCCCOc1ccc(/C=C2/N=C(c3ccc(C(C)(C)C)cc3)OC2=O)cc1. The average Bonchev–Trinajstić information content (AvgIpc) is 3.03. The number of rotatable bonds is 6. The molecule has 0 aromatic heterocycles. The van der Waals surface area contributed by atoms with Gasteiger partial charge in [0.15, 0.2) is 5.70 Å². The van der Waals surface area contributed by atoms with Crippen molar-refractivity contribution in [1.82, 2.24) is 0 Å². The second-order valence-corrected chi connectivity index (χ2v) is 7.93. The third kappa shape index (κ3) is 4.89. The van der Waals surface area contributed by atoms with E-state index in [9.17, 15) is 4.79 Å². The molecule has 0 amide bonds. The summed E-state index contributed by atoms with van der Waals surface area (Å²) in [5.74, 6) is 0.738. The predicted molar refractivity (Wildman–Crippen MR) is 113 cm³/mol. The highest BCUT2D eigenvalue weighted by Crippen LogP contribution is 2.24. The molecule has 1 aliphatic rings. The number of hydrogen-bond donors (Lipinski definition) is 0. The van der Waals surface area contributed by atoms with Crippen LogP contribution in [0.2, 0.25) is 0 Å². The Morgan fingerprint density at radius 2 is 1.71 bits per heavy atom. The molecule has 28 heavy (non-hydrogen) atoms. The van der Waals surface area contributed by atoms with Gasteiger partial charge in [-0.15, -0.1) is 0 Å². The van der Waals surface area contributed by atoms with Gasteiger partial charge < -0.3 is 9.47 Å². The summed E-state index contributed by atoms with van der Waals surface area (Å²) in [6.07, 6.45) is 3.87. The Labute approximate surface area is 166 Å². The minimum Gasteiger partial charge on any atom is -0.494 e. The van der Waals surface area contributed by atoms with Gasteiger partial charge in [-0.1, -0.05) is 58.4 Å². The molecule has 4 heteroatoms. The van der Waals surface area contributed by atoms with Crippen LogP contribution in [-0.2, 0) is 14.9 Å². The van der Waals surface area contributed by atoms with Crippen molar-refractivity contribution in [1.29, 1.82) is 0 Å². The number of cyclic esters (lactones) is 1. The highest BCUT2D eigenvalue weighted by Gasteiger charge is 2.24. The van der Waals surface area contributed by atoms with Crippen molar-refractivity contribution < 1.29 is 14.3 Å². The number of carbonyl (C=O) groups excluding carboxylic acids is 1. The molecular formula is C24H27NO3. The molecule has 3 rings (SSSR count). The van der Waals surface area contributed by atoms with Crippen LogP contribution in [0.4, 0.5) is 0 Å². The number of benzene rings is 2. The monoisotopic (exact) mass is 377 g/mol. The fourth-order valence-electron chi connectivity index (χ4n) is 2.80. The molecule has 1 heterocycles. The Bertz CT molecular complexity index is 885. The Kier molecular flexibility index (Phi) is 5.98. The first-order valence-corrected chi connectivity index (χ1v) is 9.73. The number of aliphatic imine (C=N–C) groups is 1. The van der Waals surface area contributed by atoms with E-state index in [1.54, 1.807) is 6.08 Å². The highest BCUT2D eigenvalue weighted by molar-refractivity contribution is 6.12. The molecule has 0 radical (unpaired) electrons. The topological polar surface area (TPSA) is 47.9 Å². The standard InChI is InChI=1S/C24H27NO3/c1-5-6-15-27-20-13-7-17(8-14-20)16-21-23(26)28-22(25-21)18-9-11-19(12-10-18)24(2,3)4/h7-14,16H,5-6,15H2,1-4H3/b21-16+. The molecule has 0 bridgehead atoms. The quantitative estimate of drug-likeness (QED) is 0.379. The van der Waals surface area contributed by atoms with E-state index in [0.717, 1.165) is 29.7 Å². The van der Waals surface area contributed by atoms with Gasteiger partial charge in [0.2, 0.25) is 5.90 Å². The molecule has 2 aromatic rings. The predicted octanol–water partition coefficient (Wildman–Crippen LogP) is 5.51. The van der Waals surface area contributed by atoms with Gasteiger partial charge in [-0.25, -0.2) is 9.79 Å². The van der Waals surface area contributed by atoms with E-state index in [1.807, 2.05) is 48.5 Å². The molecule has 146 valence electrons. The lowest BCUT2D eigenvalue weighted by Crippen LogP contribution is -2.11. The van der Waals surface area contributed by atoms with Crippen LogP contribution in [0.5, 0.6) is 5.75 Å². The Balaban J connectivity index is 1.74. The van der Waals surface area contributed by atoms with Crippen LogP contribution in [0.15, 0.2) is 59.2 Å². The zero-order valence-electron chi connectivity index (χ0n) is 17.0.